The fourth-order valence-electron chi connectivity index (χ4n) is 2.06. The number of methoxy groups -OCH3 is 1. The molecule has 1 amide bonds. The van der Waals surface area contributed by atoms with E-state index in [1.165, 1.54) is 7.11 Å². The van der Waals surface area contributed by atoms with Gasteiger partial charge in [-0.05, 0) is 13.0 Å². The van der Waals surface area contributed by atoms with Gasteiger partial charge in [0.1, 0.15) is 0 Å². The highest BCUT2D eigenvalue weighted by Crippen LogP contribution is 2.11. The lowest BCUT2D eigenvalue weighted by Crippen LogP contribution is -2.56. The molecule has 0 aromatic carbocycles. The Morgan fingerprint density at radius 1 is 1.53 bits per heavy atom. The van der Waals surface area contributed by atoms with Gasteiger partial charge in [0.25, 0.3) is 0 Å². The Balaban J connectivity index is 2.51. The second-order valence-electron chi connectivity index (χ2n) is 4.33. The third kappa shape index (κ3) is 4.34. The minimum Gasteiger partial charge on any atom is -0.469 e. The average Bonchev–Trinajstić information content (AvgIpc) is 2.33. The van der Waals surface area contributed by atoms with Gasteiger partial charge in [0.2, 0.25) is 5.91 Å². The summed E-state index contributed by atoms with van der Waals surface area (Å²) in [7, 11) is 1.35. The maximum atomic E-state index is 11.7. The van der Waals surface area contributed by atoms with Crippen molar-refractivity contribution in [2.75, 3.05) is 26.7 Å². The summed E-state index contributed by atoms with van der Waals surface area (Å²) in [5.41, 5.74) is 0. The maximum absolute atomic E-state index is 11.7. The second kappa shape index (κ2) is 7.27. The van der Waals surface area contributed by atoms with E-state index in [9.17, 15) is 9.59 Å². The van der Waals surface area contributed by atoms with Crippen LogP contribution in [0.1, 0.15) is 32.6 Å². The zero-order chi connectivity index (χ0) is 12.7. The smallest absolute Gasteiger partial charge is 0.307 e. The van der Waals surface area contributed by atoms with Crippen molar-refractivity contribution in [1.29, 1.82) is 0 Å². The zero-order valence-corrected chi connectivity index (χ0v) is 10.7. The standard InChI is InChI=1S/C12H22N2O3/c1-3-4-5-7-14-8-6-13-12(16)10(14)9-11(15)17-2/h10H,3-9H2,1-2H3,(H,13,16). The van der Waals surface area contributed by atoms with Crippen LogP contribution in [-0.2, 0) is 14.3 Å². The zero-order valence-electron chi connectivity index (χ0n) is 10.7. The number of rotatable bonds is 6. The minimum absolute atomic E-state index is 0.0573. The topological polar surface area (TPSA) is 58.6 Å². The van der Waals surface area contributed by atoms with E-state index in [-0.39, 0.29) is 24.3 Å². The SMILES string of the molecule is CCCCCN1CCNC(=O)C1CC(=O)OC. The first-order valence-electron chi connectivity index (χ1n) is 6.27. The molecule has 1 rings (SSSR count). The van der Waals surface area contributed by atoms with Crippen molar-refractivity contribution in [1.82, 2.24) is 10.2 Å². The minimum atomic E-state index is -0.354. The third-order valence-corrected chi connectivity index (χ3v) is 3.08. The van der Waals surface area contributed by atoms with Gasteiger partial charge in [-0.25, -0.2) is 0 Å². The Bertz CT molecular complexity index is 268. The molecule has 1 atom stereocenters. The van der Waals surface area contributed by atoms with Gasteiger partial charge < -0.3 is 10.1 Å². The Morgan fingerprint density at radius 2 is 2.29 bits per heavy atom. The second-order valence-corrected chi connectivity index (χ2v) is 4.33. The van der Waals surface area contributed by atoms with Gasteiger partial charge in [-0.1, -0.05) is 19.8 Å². The molecule has 0 aliphatic carbocycles. The van der Waals surface area contributed by atoms with Crippen LogP contribution in [0.2, 0.25) is 0 Å². The summed E-state index contributed by atoms with van der Waals surface area (Å²) in [6.07, 6.45) is 3.53. The summed E-state index contributed by atoms with van der Waals surface area (Å²) in [5.74, 6) is -0.384. The first-order chi connectivity index (χ1) is 8.19. The number of esters is 1. The molecule has 0 saturated carbocycles. The molecule has 5 heteroatoms. The van der Waals surface area contributed by atoms with Crippen LogP contribution in [0.4, 0.5) is 0 Å². The number of hydrogen-bond donors (Lipinski definition) is 1. The van der Waals surface area contributed by atoms with Crippen molar-refractivity contribution in [2.45, 2.75) is 38.6 Å². The molecule has 0 aromatic heterocycles. The van der Waals surface area contributed by atoms with Crippen LogP contribution in [0.25, 0.3) is 0 Å². The molecular weight excluding hydrogens is 220 g/mol. The fourth-order valence-corrected chi connectivity index (χ4v) is 2.06. The molecule has 1 aliphatic rings. The Labute approximate surface area is 102 Å². The quantitative estimate of drug-likeness (QED) is 0.545. The molecule has 0 radical (unpaired) electrons. The Kier molecular flexibility index (Phi) is 5.97. The summed E-state index contributed by atoms with van der Waals surface area (Å²) in [6.45, 7) is 4.51. The molecule has 1 N–H and O–H groups in total. The molecule has 0 aromatic rings. The molecule has 1 heterocycles. The van der Waals surface area contributed by atoms with E-state index < -0.39 is 0 Å². The number of carbonyl (C=O) groups is 2. The van der Waals surface area contributed by atoms with Gasteiger partial charge >= 0.3 is 5.97 Å². The monoisotopic (exact) mass is 242 g/mol. The summed E-state index contributed by atoms with van der Waals surface area (Å²) in [4.78, 5) is 25.1. The van der Waals surface area contributed by atoms with Gasteiger partial charge in [0.15, 0.2) is 0 Å². The number of ether oxygens (including phenoxy) is 1. The van der Waals surface area contributed by atoms with E-state index in [1.54, 1.807) is 0 Å². The van der Waals surface area contributed by atoms with Crippen molar-refractivity contribution in [3.8, 4) is 0 Å². The lowest BCUT2D eigenvalue weighted by atomic mass is 10.1. The average molecular weight is 242 g/mol. The van der Waals surface area contributed by atoms with Gasteiger partial charge in [-0.3, -0.25) is 14.5 Å². The molecule has 1 fully saturated rings. The van der Waals surface area contributed by atoms with E-state index in [4.69, 9.17) is 0 Å². The van der Waals surface area contributed by atoms with Crippen LogP contribution in [0.5, 0.6) is 0 Å². The first kappa shape index (κ1) is 14.0. The van der Waals surface area contributed by atoms with Gasteiger partial charge in [-0.2, -0.15) is 0 Å². The Morgan fingerprint density at radius 3 is 2.94 bits per heavy atom. The molecule has 98 valence electrons. The summed E-state index contributed by atoms with van der Waals surface area (Å²) < 4.78 is 4.63. The van der Waals surface area contributed by atoms with Gasteiger partial charge in [0.05, 0.1) is 19.6 Å². The van der Waals surface area contributed by atoms with Crippen LogP contribution in [0.3, 0.4) is 0 Å². The predicted octanol–water partition coefficient (Wildman–Crippen LogP) is 0.540. The highest BCUT2D eigenvalue weighted by Gasteiger charge is 2.31. The molecule has 5 nitrogen and oxygen atoms in total. The van der Waals surface area contributed by atoms with Crippen molar-refractivity contribution < 1.29 is 14.3 Å². The number of unbranched alkanes of at least 4 members (excludes halogenated alkanes) is 2. The lowest BCUT2D eigenvalue weighted by Gasteiger charge is -2.34. The van der Waals surface area contributed by atoms with Gasteiger partial charge in [0, 0.05) is 13.1 Å². The van der Waals surface area contributed by atoms with E-state index in [0.717, 1.165) is 32.4 Å². The number of carbonyl (C=O) groups excluding carboxylic acids is 2. The summed E-state index contributed by atoms with van der Waals surface area (Å²) in [5, 5.41) is 2.79. The fraction of sp³-hybridized carbons (Fsp3) is 0.833. The van der Waals surface area contributed by atoms with E-state index in [0.29, 0.717) is 6.54 Å². The number of piperazine rings is 1. The Hall–Kier alpha value is -1.10. The van der Waals surface area contributed by atoms with Crippen LogP contribution < -0.4 is 5.32 Å². The molecule has 0 spiro atoms. The highest BCUT2D eigenvalue weighted by molar-refractivity contribution is 5.87. The largest absolute Gasteiger partial charge is 0.469 e. The summed E-state index contributed by atoms with van der Waals surface area (Å²) >= 11 is 0. The predicted molar refractivity (Wildman–Crippen MR) is 64.5 cm³/mol. The van der Waals surface area contributed by atoms with Crippen LogP contribution in [0, 0.1) is 0 Å². The molecule has 17 heavy (non-hydrogen) atoms. The molecule has 1 saturated heterocycles. The highest BCUT2D eigenvalue weighted by atomic mass is 16.5. The first-order valence-corrected chi connectivity index (χ1v) is 6.27. The van der Waals surface area contributed by atoms with Crippen LogP contribution in [0.15, 0.2) is 0 Å². The van der Waals surface area contributed by atoms with E-state index in [1.807, 2.05) is 0 Å². The van der Waals surface area contributed by atoms with E-state index >= 15 is 0 Å². The van der Waals surface area contributed by atoms with Crippen molar-refractivity contribution in [3.63, 3.8) is 0 Å². The molecular formula is C12H22N2O3. The molecule has 0 bridgehead atoms. The van der Waals surface area contributed by atoms with Crippen molar-refractivity contribution in [2.24, 2.45) is 0 Å². The van der Waals surface area contributed by atoms with Crippen LogP contribution >= 0.6 is 0 Å². The molecule has 1 aliphatic heterocycles. The third-order valence-electron chi connectivity index (χ3n) is 3.08. The number of nitrogens with zero attached hydrogens (tertiary/aromatic N) is 1. The summed E-state index contributed by atoms with van der Waals surface area (Å²) in [6, 6.07) is -0.354. The normalized spacial score (nSPS) is 21.1. The van der Waals surface area contributed by atoms with Crippen molar-refractivity contribution in [3.05, 3.63) is 0 Å². The number of amides is 1. The van der Waals surface area contributed by atoms with Crippen LogP contribution in [-0.4, -0.2) is 49.6 Å². The number of hydrogen-bond acceptors (Lipinski definition) is 4. The molecule has 1 unspecified atom stereocenters. The van der Waals surface area contributed by atoms with Crippen molar-refractivity contribution >= 4 is 11.9 Å². The maximum Gasteiger partial charge on any atom is 0.307 e. The van der Waals surface area contributed by atoms with E-state index in [2.05, 4.69) is 21.9 Å². The van der Waals surface area contributed by atoms with Gasteiger partial charge in [-0.15, -0.1) is 0 Å². The lowest BCUT2D eigenvalue weighted by molar-refractivity contribution is -0.145. The number of nitrogens with one attached hydrogen (secondary N) is 1.